The van der Waals surface area contributed by atoms with Gasteiger partial charge in [0, 0.05) is 7.05 Å². The number of amides is 1. The lowest BCUT2D eigenvalue weighted by molar-refractivity contribution is 0.0714. The van der Waals surface area contributed by atoms with Crippen LogP contribution in [0.15, 0.2) is 47.1 Å². The molecule has 0 saturated carbocycles. The van der Waals surface area contributed by atoms with Crippen LogP contribution in [0.5, 0.6) is 0 Å². The largest absolute Gasteiger partial charge is 0.467 e. The molecule has 124 valence electrons. The zero-order valence-corrected chi connectivity index (χ0v) is 13.6. The van der Waals surface area contributed by atoms with Crippen LogP contribution >= 0.6 is 0 Å². The second kappa shape index (κ2) is 6.27. The highest BCUT2D eigenvalue weighted by Gasteiger charge is 2.24. The predicted molar refractivity (Wildman–Crippen MR) is 85.3 cm³/mol. The topological polar surface area (TPSA) is 64.2 Å². The third kappa shape index (κ3) is 2.92. The van der Waals surface area contributed by atoms with E-state index in [0.717, 1.165) is 0 Å². The molecule has 3 rings (SSSR count). The second-order valence-corrected chi connectivity index (χ2v) is 5.48. The van der Waals surface area contributed by atoms with Crippen molar-refractivity contribution in [3.63, 3.8) is 0 Å². The lowest BCUT2D eigenvalue weighted by Gasteiger charge is -2.21. The fraction of sp³-hybridized carbons (Fsp3) is 0.235. The first-order valence-corrected chi connectivity index (χ1v) is 7.47. The molecule has 1 amide bonds. The minimum absolute atomic E-state index is 0.0812. The molecule has 1 atom stereocenters. The summed E-state index contributed by atoms with van der Waals surface area (Å²) >= 11 is 0. The van der Waals surface area contributed by atoms with E-state index in [2.05, 4.69) is 10.1 Å². The molecule has 6 nitrogen and oxygen atoms in total. The molecule has 24 heavy (non-hydrogen) atoms. The van der Waals surface area contributed by atoms with Crippen molar-refractivity contribution in [3.05, 3.63) is 65.9 Å². The number of rotatable bonds is 4. The van der Waals surface area contributed by atoms with Gasteiger partial charge in [-0.1, -0.05) is 0 Å². The van der Waals surface area contributed by atoms with Crippen LogP contribution in [0, 0.1) is 12.7 Å². The van der Waals surface area contributed by atoms with E-state index in [1.165, 1.54) is 21.7 Å². The van der Waals surface area contributed by atoms with Crippen molar-refractivity contribution in [2.24, 2.45) is 0 Å². The van der Waals surface area contributed by atoms with Crippen LogP contribution in [0.3, 0.4) is 0 Å². The number of halogens is 1. The van der Waals surface area contributed by atoms with Gasteiger partial charge < -0.3 is 9.32 Å². The van der Waals surface area contributed by atoms with E-state index in [1.807, 2.05) is 13.0 Å². The van der Waals surface area contributed by atoms with Gasteiger partial charge in [0.2, 0.25) is 5.82 Å². The third-order valence-corrected chi connectivity index (χ3v) is 3.89. The van der Waals surface area contributed by atoms with Crippen molar-refractivity contribution in [3.8, 4) is 5.69 Å². The summed E-state index contributed by atoms with van der Waals surface area (Å²) in [7, 11) is 1.67. The van der Waals surface area contributed by atoms with Gasteiger partial charge in [0.05, 0.1) is 18.0 Å². The van der Waals surface area contributed by atoms with Gasteiger partial charge in [-0.3, -0.25) is 4.79 Å². The molecule has 0 bridgehead atoms. The number of hydrogen-bond donors (Lipinski definition) is 0. The Kier molecular flexibility index (Phi) is 4.16. The lowest BCUT2D eigenvalue weighted by Crippen LogP contribution is -2.30. The Morgan fingerprint density at radius 2 is 2.00 bits per heavy atom. The Balaban J connectivity index is 1.86. The lowest BCUT2D eigenvalue weighted by atomic mass is 10.2. The molecule has 0 aliphatic heterocycles. The summed E-state index contributed by atoms with van der Waals surface area (Å²) < 4.78 is 19.9. The Morgan fingerprint density at radius 3 is 2.62 bits per heavy atom. The summed E-state index contributed by atoms with van der Waals surface area (Å²) in [6, 6.07) is 9.18. The fourth-order valence-corrected chi connectivity index (χ4v) is 2.36. The first-order chi connectivity index (χ1) is 11.5. The molecular weight excluding hydrogens is 311 g/mol. The fourth-order valence-electron chi connectivity index (χ4n) is 2.36. The van der Waals surface area contributed by atoms with E-state index < -0.39 is 0 Å². The van der Waals surface area contributed by atoms with Crippen molar-refractivity contribution < 1.29 is 13.6 Å². The van der Waals surface area contributed by atoms with Crippen LogP contribution in [0.4, 0.5) is 4.39 Å². The summed E-state index contributed by atoms with van der Waals surface area (Å²) in [6.45, 7) is 3.60. The van der Waals surface area contributed by atoms with Gasteiger partial charge in [-0.2, -0.15) is 0 Å². The predicted octanol–water partition coefficient (Wildman–Crippen LogP) is 3.14. The first kappa shape index (κ1) is 15.9. The molecule has 0 saturated heterocycles. The molecule has 0 radical (unpaired) electrons. The number of aromatic nitrogens is 3. The van der Waals surface area contributed by atoms with E-state index >= 15 is 0 Å². The molecule has 0 aliphatic carbocycles. The number of benzene rings is 1. The Bertz CT molecular complexity index is 840. The summed E-state index contributed by atoms with van der Waals surface area (Å²) in [5.74, 6) is 0.657. The smallest absolute Gasteiger partial charge is 0.293 e. The Morgan fingerprint density at radius 1 is 1.29 bits per heavy atom. The maximum atomic E-state index is 13.1. The average molecular weight is 328 g/mol. The van der Waals surface area contributed by atoms with Gasteiger partial charge in [-0.25, -0.2) is 14.1 Å². The van der Waals surface area contributed by atoms with Crippen molar-refractivity contribution in [1.29, 1.82) is 0 Å². The standard InChI is InChI=1S/C17H17FN4O2/c1-11(15-5-4-10-24-15)21(3)17(23)16-19-12(2)22(20-16)14-8-6-13(18)7-9-14/h4-11H,1-3H3. The highest BCUT2D eigenvalue weighted by atomic mass is 19.1. The van der Waals surface area contributed by atoms with E-state index in [1.54, 1.807) is 38.4 Å². The summed E-state index contributed by atoms with van der Waals surface area (Å²) in [6.07, 6.45) is 1.57. The minimum atomic E-state index is -0.333. The monoisotopic (exact) mass is 328 g/mol. The number of carbonyl (C=O) groups is 1. The normalized spacial score (nSPS) is 12.2. The number of carbonyl (C=O) groups excluding carboxylic acids is 1. The second-order valence-electron chi connectivity index (χ2n) is 5.48. The van der Waals surface area contributed by atoms with Crippen LogP contribution in [-0.4, -0.2) is 32.6 Å². The van der Waals surface area contributed by atoms with Crippen LogP contribution in [0.2, 0.25) is 0 Å². The third-order valence-electron chi connectivity index (χ3n) is 3.89. The van der Waals surface area contributed by atoms with E-state index in [9.17, 15) is 9.18 Å². The summed E-state index contributed by atoms with van der Waals surface area (Å²) in [5.41, 5.74) is 0.641. The summed E-state index contributed by atoms with van der Waals surface area (Å²) in [4.78, 5) is 18.4. The number of hydrogen-bond acceptors (Lipinski definition) is 4. The number of aryl methyl sites for hydroxylation is 1. The molecule has 0 N–H and O–H groups in total. The van der Waals surface area contributed by atoms with Crippen LogP contribution in [0.1, 0.15) is 35.2 Å². The van der Waals surface area contributed by atoms with E-state index in [-0.39, 0.29) is 23.6 Å². The molecule has 1 aromatic carbocycles. The SMILES string of the molecule is Cc1nc(C(=O)N(C)C(C)c2ccco2)nn1-c1ccc(F)cc1. The highest BCUT2D eigenvalue weighted by molar-refractivity contribution is 5.90. The molecular formula is C17H17FN4O2. The first-order valence-electron chi connectivity index (χ1n) is 7.47. The minimum Gasteiger partial charge on any atom is -0.467 e. The molecule has 0 aliphatic rings. The van der Waals surface area contributed by atoms with Crippen molar-refractivity contribution in [2.75, 3.05) is 7.05 Å². The molecule has 0 spiro atoms. The van der Waals surface area contributed by atoms with Gasteiger partial charge in [0.15, 0.2) is 0 Å². The van der Waals surface area contributed by atoms with Gasteiger partial charge in [0.25, 0.3) is 5.91 Å². The number of furan rings is 1. The van der Waals surface area contributed by atoms with Gasteiger partial charge in [-0.05, 0) is 50.2 Å². The van der Waals surface area contributed by atoms with E-state index in [4.69, 9.17) is 4.42 Å². The molecule has 2 heterocycles. The van der Waals surface area contributed by atoms with Gasteiger partial charge >= 0.3 is 0 Å². The molecule has 0 fully saturated rings. The zero-order chi connectivity index (χ0) is 17.3. The average Bonchev–Trinajstić information content (AvgIpc) is 3.23. The number of nitrogens with zero attached hydrogens (tertiary/aromatic N) is 4. The molecule has 1 unspecified atom stereocenters. The van der Waals surface area contributed by atoms with Crippen LogP contribution in [0.25, 0.3) is 5.69 Å². The maximum Gasteiger partial charge on any atom is 0.293 e. The quantitative estimate of drug-likeness (QED) is 0.738. The maximum absolute atomic E-state index is 13.1. The van der Waals surface area contributed by atoms with Crippen molar-refractivity contribution in [1.82, 2.24) is 19.7 Å². The van der Waals surface area contributed by atoms with Gasteiger partial charge in [-0.15, -0.1) is 5.10 Å². The highest BCUT2D eigenvalue weighted by Crippen LogP contribution is 2.20. The molecule has 7 heteroatoms. The van der Waals surface area contributed by atoms with Crippen molar-refractivity contribution >= 4 is 5.91 Å². The van der Waals surface area contributed by atoms with E-state index in [0.29, 0.717) is 17.3 Å². The van der Waals surface area contributed by atoms with Crippen molar-refractivity contribution in [2.45, 2.75) is 19.9 Å². The summed E-state index contributed by atoms with van der Waals surface area (Å²) in [5, 5.41) is 4.26. The molecule has 3 aromatic rings. The zero-order valence-electron chi connectivity index (χ0n) is 13.6. The van der Waals surface area contributed by atoms with Crippen LogP contribution in [-0.2, 0) is 0 Å². The Labute approximate surface area is 138 Å². The van der Waals surface area contributed by atoms with Gasteiger partial charge in [0.1, 0.15) is 17.4 Å². The molecule has 2 aromatic heterocycles. The Hall–Kier alpha value is -2.96. The van der Waals surface area contributed by atoms with Crippen LogP contribution < -0.4 is 0 Å².